The summed E-state index contributed by atoms with van der Waals surface area (Å²) in [6.07, 6.45) is -3.44. The third kappa shape index (κ3) is 6.47. The van der Waals surface area contributed by atoms with E-state index in [1.54, 1.807) is 32.0 Å². The van der Waals surface area contributed by atoms with Crippen LogP contribution in [0.15, 0.2) is 23.9 Å². The molecular formula is C29H37ClF3N5O3. The first-order valence-corrected chi connectivity index (χ1v) is 14.1. The van der Waals surface area contributed by atoms with Crippen molar-refractivity contribution in [2.45, 2.75) is 65.8 Å². The topological polar surface area (TPSA) is 105 Å². The molecule has 2 aromatic rings. The van der Waals surface area contributed by atoms with E-state index in [0.717, 1.165) is 6.42 Å². The van der Waals surface area contributed by atoms with Gasteiger partial charge in [0.15, 0.2) is 11.6 Å². The van der Waals surface area contributed by atoms with E-state index < -0.39 is 18.3 Å². The van der Waals surface area contributed by atoms with E-state index in [4.69, 9.17) is 32.0 Å². The number of Topliss-reactive ketones (excluding diaryl/α,β-unsaturated/α-hetero) is 1. The number of carbonyl (C=O) groups excluding carboxylic acids is 1. The standard InChI is InChI=1S/C29H37ClF3N5O3/c1-6-7-20(40)11-41-21-8-9-23(30)22(10-21)26-35-25(24(17(3)34)18(4)39)16(2)27(36-26)38-14-28(15-38)12-37(13-28)19(5)29(31,32)33/h8-10,19-20,40H,6-7,11-15,34H2,1-5H3/t19-,20+/m0/s1. The number of aliphatic hydroxyl groups is 1. The van der Waals surface area contributed by atoms with Crippen molar-refractivity contribution in [1.29, 1.82) is 0 Å². The Hall–Kier alpha value is -2.89. The third-order valence-corrected chi connectivity index (χ3v) is 8.13. The van der Waals surface area contributed by atoms with Crippen molar-refractivity contribution in [3.05, 3.63) is 40.2 Å². The van der Waals surface area contributed by atoms with Crippen LogP contribution < -0.4 is 15.4 Å². The number of aliphatic hydroxyl groups excluding tert-OH is 1. The fourth-order valence-corrected chi connectivity index (χ4v) is 5.79. The summed E-state index contributed by atoms with van der Waals surface area (Å²) in [6.45, 7) is 9.88. The number of alkyl halides is 3. The lowest BCUT2D eigenvalue weighted by Crippen LogP contribution is -2.74. The molecule has 1 aromatic heterocycles. The van der Waals surface area contributed by atoms with Crippen molar-refractivity contribution in [1.82, 2.24) is 14.9 Å². The van der Waals surface area contributed by atoms with Gasteiger partial charge in [-0.05, 0) is 52.3 Å². The first-order valence-electron chi connectivity index (χ1n) is 13.7. The molecule has 0 saturated carbocycles. The van der Waals surface area contributed by atoms with Gasteiger partial charge in [-0.1, -0.05) is 24.9 Å². The molecule has 2 fully saturated rings. The number of benzene rings is 1. The quantitative estimate of drug-likeness (QED) is 0.370. The highest BCUT2D eigenvalue weighted by Gasteiger charge is 2.56. The zero-order valence-electron chi connectivity index (χ0n) is 24.0. The van der Waals surface area contributed by atoms with Gasteiger partial charge in [-0.2, -0.15) is 13.2 Å². The Morgan fingerprint density at radius 1 is 1.22 bits per heavy atom. The number of halogens is 4. The Balaban J connectivity index is 1.68. The molecule has 3 heterocycles. The zero-order chi connectivity index (χ0) is 30.3. The summed E-state index contributed by atoms with van der Waals surface area (Å²) in [4.78, 5) is 25.6. The minimum absolute atomic E-state index is 0.115. The second-order valence-electron chi connectivity index (χ2n) is 11.3. The van der Waals surface area contributed by atoms with Crippen molar-refractivity contribution < 1.29 is 27.8 Å². The molecule has 1 spiro atoms. The predicted molar refractivity (Wildman–Crippen MR) is 153 cm³/mol. The number of hydrogen-bond donors (Lipinski definition) is 2. The minimum Gasteiger partial charge on any atom is -0.491 e. The molecule has 41 heavy (non-hydrogen) atoms. The van der Waals surface area contributed by atoms with E-state index >= 15 is 0 Å². The van der Waals surface area contributed by atoms with E-state index in [-0.39, 0.29) is 29.2 Å². The first kappa shape index (κ1) is 31.1. The van der Waals surface area contributed by atoms with Gasteiger partial charge in [0.05, 0.1) is 22.4 Å². The summed E-state index contributed by atoms with van der Waals surface area (Å²) < 4.78 is 45.3. The number of carbonyl (C=O) groups is 1. The fourth-order valence-electron chi connectivity index (χ4n) is 5.59. The molecule has 3 N–H and O–H groups in total. The highest BCUT2D eigenvalue weighted by Crippen LogP contribution is 2.46. The monoisotopic (exact) mass is 595 g/mol. The number of rotatable bonds is 10. The van der Waals surface area contributed by atoms with Crippen LogP contribution in [-0.2, 0) is 4.79 Å². The van der Waals surface area contributed by atoms with Crippen LogP contribution in [0.25, 0.3) is 17.0 Å². The number of nitrogens with zero attached hydrogens (tertiary/aromatic N) is 4. The highest BCUT2D eigenvalue weighted by atomic mass is 35.5. The lowest BCUT2D eigenvalue weighted by molar-refractivity contribution is -0.207. The Morgan fingerprint density at radius 2 is 1.88 bits per heavy atom. The normalized spacial score (nSPS) is 18.8. The molecule has 0 aliphatic carbocycles. The zero-order valence-corrected chi connectivity index (χ0v) is 24.7. The molecule has 0 radical (unpaired) electrons. The van der Waals surface area contributed by atoms with Gasteiger partial charge in [-0.15, -0.1) is 0 Å². The van der Waals surface area contributed by atoms with E-state index in [2.05, 4.69) is 0 Å². The number of anilines is 1. The van der Waals surface area contributed by atoms with E-state index in [1.165, 1.54) is 18.7 Å². The van der Waals surface area contributed by atoms with Gasteiger partial charge in [-0.3, -0.25) is 9.69 Å². The van der Waals surface area contributed by atoms with Crippen LogP contribution in [0.2, 0.25) is 5.02 Å². The molecular weight excluding hydrogens is 559 g/mol. The van der Waals surface area contributed by atoms with E-state index in [0.29, 0.717) is 71.7 Å². The highest BCUT2D eigenvalue weighted by molar-refractivity contribution is 6.33. The molecule has 2 saturated heterocycles. The van der Waals surface area contributed by atoms with Crippen LogP contribution in [0.3, 0.4) is 0 Å². The fraction of sp³-hybridized carbons (Fsp3) is 0.552. The van der Waals surface area contributed by atoms with E-state index in [9.17, 15) is 23.1 Å². The number of allylic oxidation sites excluding steroid dienone is 2. The van der Waals surface area contributed by atoms with Crippen molar-refractivity contribution in [3.63, 3.8) is 0 Å². The summed E-state index contributed by atoms with van der Waals surface area (Å²) in [7, 11) is 0. The molecule has 2 atom stereocenters. The van der Waals surface area contributed by atoms with Crippen LogP contribution in [0, 0.1) is 12.3 Å². The average Bonchev–Trinajstić information content (AvgIpc) is 2.82. The van der Waals surface area contributed by atoms with Crippen LogP contribution in [0.4, 0.5) is 19.0 Å². The molecule has 0 bridgehead atoms. The molecule has 0 amide bonds. The predicted octanol–water partition coefficient (Wildman–Crippen LogP) is 5.00. The van der Waals surface area contributed by atoms with Gasteiger partial charge in [-0.25, -0.2) is 9.97 Å². The number of nitrogens with two attached hydrogens (primary N) is 1. The smallest absolute Gasteiger partial charge is 0.403 e. The van der Waals surface area contributed by atoms with Gasteiger partial charge in [0, 0.05) is 48.4 Å². The van der Waals surface area contributed by atoms with Crippen molar-refractivity contribution >= 4 is 28.8 Å². The Labute approximate surface area is 243 Å². The van der Waals surface area contributed by atoms with Crippen LogP contribution >= 0.6 is 11.6 Å². The minimum atomic E-state index is -4.26. The lowest BCUT2D eigenvalue weighted by Gasteiger charge is -2.62. The van der Waals surface area contributed by atoms with Gasteiger partial charge in [0.1, 0.15) is 24.2 Å². The maximum absolute atomic E-state index is 13.2. The van der Waals surface area contributed by atoms with Crippen LogP contribution in [-0.4, -0.2) is 76.9 Å². The van der Waals surface area contributed by atoms with Gasteiger partial charge in [0.2, 0.25) is 0 Å². The molecule has 1 aromatic carbocycles. The average molecular weight is 596 g/mol. The lowest BCUT2D eigenvalue weighted by atomic mass is 9.72. The summed E-state index contributed by atoms with van der Waals surface area (Å²) in [5.41, 5.74) is 7.93. The first-order chi connectivity index (χ1) is 19.2. The summed E-state index contributed by atoms with van der Waals surface area (Å²) >= 11 is 6.58. The Kier molecular flexibility index (Phi) is 8.92. The SMILES string of the molecule is CCC[C@@H](O)COc1ccc(Cl)c(-c2nc(C(C(C)=O)=C(C)N)c(C)c(N3CC4(C3)CN([C@@H](C)C(F)(F)F)C4)n2)c1. The Morgan fingerprint density at radius 3 is 2.44 bits per heavy atom. The summed E-state index contributed by atoms with van der Waals surface area (Å²) in [5, 5.41) is 10.4. The summed E-state index contributed by atoms with van der Waals surface area (Å²) in [6, 6.07) is 3.54. The maximum atomic E-state index is 13.2. The molecule has 12 heteroatoms. The molecule has 8 nitrogen and oxygen atoms in total. The van der Waals surface area contributed by atoms with Gasteiger partial charge >= 0.3 is 6.18 Å². The number of likely N-dealkylation sites (tertiary alicyclic amines) is 1. The second kappa shape index (κ2) is 11.8. The third-order valence-electron chi connectivity index (χ3n) is 7.80. The number of aromatic nitrogens is 2. The van der Waals surface area contributed by atoms with Gasteiger partial charge < -0.3 is 20.5 Å². The second-order valence-corrected chi connectivity index (χ2v) is 11.7. The molecule has 2 aliphatic heterocycles. The number of hydrogen-bond acceptors (Lipinski definition) is 8. The maximum Gasteiger partial charge on any atom is 0.403 e. The van der Waals surface area contributed by atoms with Crippen molar-refractivity contribution in [2.75, 3.05) is 37.7 Å². The van der Waals surface area contributed by atoms with E-state index in [1.807, 2.05) is 11.8 Å². The number of ether oxygens (including phenoxy) is 1. The number of ketones is 1. The van der Waals surface area contributed by atoms with Crippen molar-refractivity contribution in [2.24, 2.45) is 11.1 Å². The van der Waals surface area contributed by atoms with Crippen LogP contribution in [0.5, 0.6) is 5.75 Å². The molecule has 4 rings (SSSR count). The molecule has 0 unspecified atom stereocenters. The molecule has 224 valence electrons. The van der Waals surface area contributed by atoms with Crippen LogP contribution in [0.1, 0.15) is 51.8 Å². The van der Waals surface area contributed by atoms with Crippen molar-refractivity contribution in [3.8, 4) is 17.1 Å². The van der Waals surface area contributed by atoms with Gasteiger partial charge in [0.25, 0.3) is 0 Å². The largest absolute Gasteiger partial charge is 0.491 e. The Bertz CT molecular complexity index is 1330. The summed E-state index contributed by atoms with van der Waals surface area (Å²) in [5.74, 6) is 1.04. The molecule has 2 aliphatic rings.